The topological polar surface area (TPSA) is 29.5 Å². The van der Waals surface area contributed by atoms with Crippen molar-refractivity contribution in [2.45, 2.75) is 19.8 Å². The normalized spacial score (nSPS) is 12.2. The first-order chi connectivity index (χ1) is 10.1. The minimum atomic E-state index is 0.170. The van der Waals surface area contributed by atoms with Gasteiger partial charge in [-0.15, -0.1) is 0 Å². The Balaban J connectivity index is 2.11. The number of aryl methyl sites for hydroxylation is 1. The lowest BCUT2D eigenvalue weighted by Gasteiger charge is -2.17. The molecule has 1 N–H and O–H groups in total. The molecule has 1 atom stereocenters. The van der Waals surface area contributed by atoms with Crippen molar-refractivity contribution < 1.29 is 9.84 Å². The Kier molecular flexibility index (Phi) is 5.83. The fourth-order valence-corrected chi connectivity index (χ4v) is 2.88. The van der Waals surface area contributed by atoms with Gasteiger partial charge in [-0.05, 0) is 55.0 Å². The van der Waals surface area contributed by atoms with Crippen molar-refractivity contribution in [3.8, 4) is 5.75 Å². The van der Waals surface area contributed by atoms with Gasteiger partial charge in [0, 0.05) is 11.1 Å². The molecular formula is C18H21BrO2. The van der Waals surface area contributed by atoms with Crippen molar-refractivity contribution in [3.05, 3.63) is 63.6 Å². The van der Waals surface area contributed by atoms with Crippen molar-refractivity contribution in [3.63, 3.8) is 0 Å². The third kappa shape index (κ3) is 4.58. The predicted octanol–water partition coefficient (Wildman–Crippen LogP) is 4.16. The second-order valence-electron chi connectivity index (χ2n) is 5.40. The Morgan fingerprint density at radius 2 is 1.81 bits per heavy atom. The van der Waals surface area contributed by atoms with Gasteiger partial charge in [0.2, 0.25) is 0 Å². The summed E-state index contributed by atoms with van der Waals surface area (Å²) < 4.78 is 6.44. The molecule has 112 valence electrons. The van der Waals surface area contributed by atoms with E-state index in [1.165, 1.54) is 11.1 Å². The van der Waals surface area contributed by atoms with Gasteiger partial charge in [-0.25, -0.2) is 0 Å². The molecule has 1 unspecified atom stereocenters. The van der Waals surface area contributed by atoms with Gasteiger partial charge in [0.15, 0.2) is 0 Å². The molecule has 0 fully saturated rings. The Hall–Kier alpha value is -1.32. The zero-order chi connectivity index (χ0) is 15.2. The molecule has 0 saturated heterocycles. The van der Waals surface area contributed by atoms with Crippen molar-refractivity contribution in [2.75, 3.05) is 13.7 Å². The molecule has 0 radical (unpaired) electrons. The fraction of sp³-hybridized carbons (Fsp3) is 0.333. The van der Waals surface area contributed by atoms with E-state index in [1.807, 2.05) is 12.1 Å². The standard InChI is InChI=1S/C18H21BrO2/c1-13-3-5-14(6-4-13)9-15(12-20)10-16-11-17(19)7-8-18(16)21-2/h3-8,11,15,20H,9-10,12H2,1-2H3. The SMILES string of the molecule is COc1ccc(Br)cc1CC(CO)Cc1ccc(C)cc1. The van der Waals surface area contributed by atoms with Gasteiger partial charge in [-0.2, -0.15) is 0 Å². The van der Waals surface area contributed by atoms with Gasteiger partial charge in [0.25, 0.3) is 0 Å². The van der Waals surface area contributed by atoms with Gasteiger partial charge in [-0.1, -0.05) is 45.8 Å². The minimum absolute atomic E-state index is 0.170. The maximum Gasteiger partial charge on any atom is 0.122 e. The van der Waals surface area contributed by atoms with Crippen LogP contribution in [0.5, 0.6) is 5.75 Å². The highest BCUT2D eigenvalue weighted by molar-refractivity contribution is 9.10. The molecular weight excluding hydrogens is 328 g/mol. The second-order valence-corrected chi connectivity index (χ2v) is 6.31. The van der Waals surface area contributed by atoms with E-state index in [0.717, 1.165) is 28.6 Å². The molecule has 0 aliphatic carbocycles. The van der Waals surface area contributed by atoms with Gasteiger partial charge in [0.1, 0.15) is 5.75 Å². The summed E-state index contributed by atoms with van der Waals surface area (Å²) in [5.74, 6) is 1.07. The number of rotatable bonds is 6. The molecule has 3 heteroatoms. The van der Waals surface area contributed by atoms with Crippen molar-refractivity contribution >= 4 is 15.9 Å². The van der Waals surface area contributed by atoms with Crippen LogP contribution < -0.4 is 4.74 Å². The molecule has 2 aromatic carbocycles. The van der Waals surface area contributed by atoms with Crippen molar-refractivity contribution in [1.29, 1.82) is 0 Å². The summed E-state index contributed by atoms with van der Waals surface area (Å²) in [4.78, 5) is 0. The lowest BCUT2D eigenvalue weighted by molar-refractivity contribution is 0.224. The van der Waals surface area contributed by atoms with E-state index in [-0.39, 0.29) is 12.5 Å². The average Bonchev–Trinajstić information content (AvgIpc) is 2.49. The Labute approximate surface area is 134 Å². The van der Waals surface area contributed by atoms with Crippen LogP contribution in [0.25, 0.3) is 0 Å². The number of aliphatic hydroxyl groups is 1. The molecule has 2 aromatic rings. The smallest absolute Gasteiger partial charge is 0.122 e. The Morgan fingerprint density at radius 3 is 2.43 bits per heavy atom. The minimum Gasteiger partial charge on any atom is -0.496 e. The molecule has 2 nitrogen and oxygen atoms in total. The summed E-state index contributed by atoms with van der Waals surface area (Å²) in [6.07, 6.45) is 1.67. The van der Waals surface area contributed by atoms with E-state index in [1.54, 1.807) is 7.11 Å². The molecule has 0 heterocycles. The molecule has 0 spiro atoms. The third-order valence-corrected chi connectivity index (χ3v) is 4.15. The van der Waals surface area contributed by atoms with Crippen LogP contribution in [-0.4, -0.2) is 18.8 Å². The molecule has 0 aliphatic rings. The third-order valence-electron chi connectivity index (χ3n) is 3.65. The fourth-order valence-electron chi connectivity index (χ4n) is 2.48. The monoisotopic (exact) mass is 348 g/mol. The van der Waals surface area contributed by atoms with E-state index in [0.29, 0.717) is 0 Å². The number of aliphatic hydroxyl groups excluding tert-OH is 1. The molecule has 0 aromatic heterocycles. The Morgan fingerprint density at radius 1 is 1.10 bits per heavy atom. The molecule has 2 rings (SSSR count). The quantitative estimate of drug-likeness (QED) is 0.849. The summed E-state index contributed by atoms with van der Waals surface area (Å²) >= 11 is 3.49. The first-order valence-corrected chi connectivity index (χ1v) is 7.90. The average molecular weight is 349 g/mol. The van der Waals surface area contributed by atoms with E-state index in [4.69, 9.17) is 4.74 Å². The first-order valence-electron chi connectivity index (χ1n) is 7.11. The van der Waals surface area contributed by atoms with Crippen LogP contribution in [0.3, 0.4) is 0 Å². The van der Waals surface area contributed by atoms with Crippen molar-refractivity contribution in [1.82, 2.24) is 0 Å². The molecule has 0 amide bonds. The highest BCUT2D eigenvalue weighted by Crippen LogP contribution is 2.26. The lowest BCUT2D eigenvalue weighted by atomic mass is 9.92. The summed E-state index contributed by atoms with van der Waals surface area (Å²) in [5, 5.41) is 9.68. The van der Waals surface area contributed by atoms with Crippen LogP contribution in [0.1, 0.15) is 16.7 Å². The van der Waals surface area contributed by atoms with Crippen LogP contribution in [0, 0.1) is 12.8 Å². The predicted molar refractivity (Wildman–Crippen MR) is 89.9 cm³/mol. The molecule has 21 heavy (non-hydrogen) atoms. The van der Waals surface area contributed by atoms with Crippen LogP contribution in [0.4, 0.5) is 0 Å². The number of methoxy groups -OCH3 is 1. The number of ether oxygens (including phenoxy) is 1. The zero-order valence-electron chi connectivity index (χ0n) is 12.5. The van der Waals surface area contributed by atoms with E-state index in [9.17, 15) is 5.11 Å². The van der Waals surface area contributed by atoms with Gasteiger partial charge < -0.3 is 9.84 Å². The first kappa shape index (κ1) is 16.1. The highest BCUT2D eigenvalue weighted by atomic mass is 79.9. The number of halogens is 1. The van der Waals surface area contributed by atoms with E-state index in [2.05, 4.69) is 53.2 Å². The van der Waals surface area contributed by atoms with Crippen molar-refractivity contribution in [2.24, 2.45) is 5.92 Å². The summed E-state index contributed by atoms with van der Waals surface area (Å²) in [5.41, 5.74) is 3.64. The number of hydrogen-bond donors (Lipinski definition) is 1. The van der Waals surface area contributed by atoms with Crippen LogP contribution in [0.15, 0.2) is 46.9 Å². The maximum atomic E-state index is 9.68. The van der Waals surface area contributed by atoms with Gasteiger partial charge in [-0.3, -0.25) is 0 Å². The molecule has 0 aliphatic heterocycles. The summed E-state index contributed by atoms with van der Waals surface area (Å²) in [6.45, 7) is 2.25. The zero-order valence-corrected chi connectivity index (χ0v) is 14.1. The van der Waals surface area contributed by atoms with Gasteiger partial charge in [0.05, 0.1) is 7.11 Å². The maximum absolute atomic E-state index is 9.68. The Bertz CT molecular complexity index is 578. The molecule has 0 bridgehead atoms. The molecule has 0 saturated carbocycles. The van der Waals surface area contributed by atoms with Crippen LogP contribution >= 0.6 is 15.9 Å². The highest BCUT2D eigenvalue weighted by Gasteiger charge is 2.13. The summed E-state index contributed by atoms with van der Waals surface area (Å²) in [7, 11) is 1.68. The number of benzene rings is 2. The van der Waals surface area contributed by atoms with Crippen LogP contribution in [0.2, 0.25) is 0 Å². The van der Waals surface area contributed by atoms with E-state index >= 15 is 0 Å². The number of hydrogen-bond acceptors (Lipinski definition) is 2. The summed E-state index contributed by atoms with van der Waals surface area (Å²) in [6, 6.07) is 14.5. The lowest BCUT2D eigenvalue weighted by Crippen LogP contribution is -2.13. The van der Waals surface area contributed by atoms with Gasteiger partial charge >= 0.3 is 0 Å². The largest absolute Gasteiger partial charge is 0.496 e. The second kappa shape index (κ2) is 7.62. The van der Waals surface area contributed by atoms with Crippen LogP contribution in [-0.2, 0) is 12.8 Å². The van der Waals surface area contributed by atoms with E-state index < -0.39 is 0 Å².